The highest BCUT2D eigenvalue weighted by Crippen LogP contribution is 2.28. The van der Waals surface area contributed by atoms with E-state index >= 15 is 0 Å². The second-order valence-corrected chi connectivity index (χ2v) is 5.58. The molecule has 0 unspecified atom stereocenters. The topological polar surface area (TPSA) is 54.5 Å². The Kier molecular flexibility index (Phi) is 4.35. The molecule has 1 aromatic heterocycles. The predicted octanol–water partition coefficient (Wildman–Crippen LogP) is 3.24. The molecule has 1 aliphatic carbocycles. The van der Waals surface area contributed by atoms with Gasteiger partial charge in [0.25, 0.3) is 0 Å². The lowest BCUT2D eigenvalue weighted by atomic mass is 9.85. The van der Waals surface area contributed by atoms with Crippen LogP contribution in [-0.4, -0.2) is 15.0 Å². The van der Waals surface area contributed by atoms with Gasteiger partial charge < -0.3 is 0 Å². The molecule has 4 nitrogen and oxygen atoms in total. The van der Waals surface area contributed by atoms with Crippen molar-refractivity contribution in [2.75, 3.05) is 0 Å². The molecule has 0 N–H and O–H groups in total. The van der Waals surface area contributed by atoms with Crippen molar-refractivity contribution in [3.05, 3.63) is 11.4 Å². The SMILES string of the molecule is CC(C)n1nnc(C#N)c1CCC1CCCCC1. The summed E-state index contributed by atoms with van der Waals surface area (Å²) in [5, 5.41) is 17.2. The maximum atomic E-state index is 9.08. The van der Waals surface area contributed by atoms with Crippen LogP contribution >= 0.6 is 0 Å². The summed E-state index contributed by atoms with van der Waals surface area (Å²) < 4.78 is 1.90. The third kappa shape index (κ3) is 2.90. The van der Waals surface area contributed by atoms with Gasteiger partial charge in [-0.25, -0.2) is 4.68 Å². The molecule has 0 saturated heterocycles. The first-order chi connectivity index (χ1) is 8.72. The van der Waals surface area contributed by atoms with Crippen molar-refractivity contribution in [2.24, 2.45) is 5.92 Å². The van der Waals surface area contributed by atoms with E-state index in [0.29, 0.717) is 5.69 Å². The molecular weight excluding hydrogens is 224 g/mol. The van der Waals surface area contributed by atoms with E-state index in [1.54, 1.807) is 0 Å². The maximum Gasteiger partial charge on any atom is 0.185 e. The van der Waals surface area contributed by atoms with Crippen molar-refractivity contribution in [1.29, 1.82) is 5.26 Å². The van der Waals surface area contributed by atoms with Crippen molar-refractivity contribution in [2.45, 2.75) is 64.8 Å². The normalized spacial score (nSPS) is 17.0. The average Bonchev–Trinajstić information content (AvgIpc) is 2.80. The van der Waals surface area contributed by atoms with Crippen molar-refractivity contribution >= 4 is 0 Å². The standard InChI is InChI=1S/C14H22N4/c1-11(2)18-14(13(10-15)16-17-18)9-8-12-6-4-3-5-7-12/h11-12H,3-9H2,1-2H3. The van der Waals surface area contributed by atoms with Crippen LogP contribution in [0.5, 0.6) is 0 Å². The Morgan fingerprint density at radius 2 is 2.06 bits per heavy atom. The maximum absolute atomic E-state index is 9.08. The molecule has 98 valence electrons. The van der Waals surface area contributed by atoms with E-state index in [4.69, 9.17) is 5.26 Å². The first-order valence-electron chi connectivity index (χ1n) is 7.06. The Hall–Kier alpha value is -1.37. The summed E-state index contributed by atoms with van der Waals surface area (Å²) in [5.74, 6) is 0.834. The number of nitriles is 1. The van der Waals surface area contributed by atoms with Gasteiger partial charge in [-0.15, -0.1) is 5.10 Å². The van der Waals surface area contributed by atoms with Crippen LogP contribution in [0.2, 0.25) is 0 Å². The molecule has 4 heteroatoms. The van der Waals surface area contributed by atoms with E-state index < -0.39 is 0 Å². The highest BCUT2D eigenvalue weighted by Gasteiger charge is 2.18. The lowest BCUT2D eigenvalue weighted by Gasteiger charge is -2.21. The van der Waals surface area contributed by atoms with Gasteiger partial charge >= 0.3 is 0 Å². The van der Waals surface area contributed by atoms with Gasteiger partial charge in [-0.1, -0.05) is 37.3 Å². The average molecular weight is 246 g/mol. The second-order valence-electron chi connectivity index (χ2n) is 5.58. The van der Waals surface area contributed by atoms with Gasteiger partial charge in [0.2, 0.25) is 0 Å². The Morgan fingerprint density at radius 3 is 2.67 bits per heavy atom. The second kappa shape index (κ2) is 5.99. The van der Waals surface area contributed by atoms with Gasteiger partial charge in [0.1, 0.15) is 6.07 Å². The molecule has 0 amide bonds. The fourth-order valence-electron chi connectivity index (χ4n) is 2.86. The van der Waals surface area contributed by atoms with Gasteiger partial charge in [-0.2, -0.15) is 5.26 Å². The van der Waals surface area contributed by atoms with Crippen LogP contribution in [0, 0.1) is 17.2 Å². The largest absolute Gasteiger partial charge is 0.246 e. The van der Waals surface area contributed by atoms with Gasteiger partial charge in [0.05, 0.1) is 5.69 Å². The lowest BCUT2D eigenvalue weighted by Crippen LogP contribution is -2.12. The third-order valence-electron chi connectivity index (χ3n) is 3.90. The summed E-state index contributed by atoms with van der Waals surface area (Å²) in [5.41, 5.74) is 1.54. The number of aromatic nitrogens is 3. The first kappa shape index (κ1) is 13.1. The quantitative estimate of drug-likeness (QED) is 0.819. The van der Waals surface area contributed by atoms with Crippen LogP contribution in [0.3, 0.4) is 0 Å². The Balaban J connectivity index is 2.03. The summed E-state index contributed by atoms with van der Waals surface area (Å²) in [6.07, 6.45) is 8.96. The molecule has 0 bridgehead atoms. The zero-order valence-electron chi connectivity index (χ0n) is 11.4. The Morgan fingerprint density at radius 1 is 1.33 bits per heavy atom. The van der Waals surface area contributed by atoms with Gasteiger partial charge in [-0.05, 0) is 32.6 Å². The number of hydrogen-bond acceptors (Lipinski definition) is 3. The molecule has 18 heavy (non-hydrogen) atoms. The van der Waals surface area contributed by atoms with Crippen LogP contribution in [0.4, 0.5) is 0 Å². The van der Waals surface area contributed by atoms with E-state index in [-0.39, 0.29) is 6.04 Å². The fourth-order valence-corrected chi connectivity index (χ4v) is 2.86. The smallest absolute Gasteiger partial charge is 0.185 e. The molecule has 1 aliphatic rings. The van der Waals surface area contributed by atoms with Crippen molar-refractivity contribution in [3.63, 3.8) is 0 Å². The van der Waals surface area contributed by atoms with E-state index in [2.05, 4.69) is 30.2 Å². The highest BCUT2D eigenvalue weighted by molar-refractivity contribution is 5.25. The van der Waals surface area contributed by atoms with E-state index in [1.165, 1.54) is 38.5 Å². The molecule has 0 atom stereocenters. The number of nitrogens with zero attached hydrogens (tertiary/aromatic N) is 4. The van der Waals surface area contributed by atoms with Crippen LogP contribution in [0.1, 0.15) is 69.8 Å². The van der Waals surface area contributed by atoms with Crippen molar-refractivity contribution < 1.29 is 0 Å². The van der Waals surface area contributed by atoms with E-state index in [0.717, 1.165) is 18.0 Å². The minimum absolute atomic E-state index is 0.279. The monoisotopic (exact) mass is 246 g/mol. The molecule has 1 heterocycles. The molecule has 2 rings (SSSR count). The number of rotatable bonds is 4. The lowest BCUT2D eigenvalue weighted by molar-refractivity contribution is 0.335. The molecule has 0 radical (unpaired) electrons. The minimum Gasteiger partial charge on any atom is -0.246 e. The van der Waals surface area contributed by atoms with Gasteiger partial charge in [-0.3, -0.25) is 0 Å². The molecule has 0 aromatic carbocycles. The number of hydrogen-bond donors (Lipinski definition) is 0. The highest BCUT2D eigenvalue weighted by atomic mass is 15.4. The summed E-state index contributed by atoms with van der Waals surface area (Å²) in [6.45, 7) is 4.17. The molecule has 1 fully saturated rings. The molecular formula is C14H22N4. The zero-order valence-corrected chi connectivity index (χ0v) is 11.4. The summed E-state index contributed by atoms with van der Waals surface area (Å²) in [6, 6.07) is 2.44. The van der Waals surface area contributed by atoms with Crippen molar-refractivity contribution in [3.8, 4) is 6.07 Å². The molecule has 1 aromatic rings. The van der Waals surface area contributed by atoms with Crippen LogP contribution in [0.25, 0.3) is 0 Å². The van der Waals surface area contributed by atoms with Crippen molar-refractivity contribution in [1.82, 2.24) is 15.0 Å². The molecule has 0 spiro atoms. The fraction of sp³-hybridized carbons (Fsp3) is 0.786. The molecule has 0 aliphatic heterocycles. The predicted molar refractivity (Wildman–Crippen MR) is 70.0 cm³/mol. The first-order valence-corrected chi connectivity index (χ1v) is 7.06. The Bertz CT molecular complexity index is 421. The van der Waals surface area contributed by atoms with Crippen LogP contribution < -0.4 is 0 Å². The zero-order chi connectivity index (χ0) is 13.0. The van der Waals surface area contributed by atoms with E-state index in [9.17, 15) is 0 Å². The van der Waals surface area contributed by atoms with E-state index in [1.807, 2.05) is 4.68 Å². The van der Waals surface area contributed by atoms with Crippen LogP contribution in [0.15, 0.2) is 0 Å². The summed E-state index contributed by atoms with van der Waals surface area (Å²) in [4.78, 5) is 0. The van der Waals surface area contributed by atoms with Crippen LogP contribution in [-0.2, 0) is 6.42 Å². The van der Waals surface area contributed by atoms with Gasteiger partial charge in [0, 0.05) is 6.04 Å². The van der Waals surface area contributed by atoms with Gasteiger partial charge in [0.15, 0.2) is 5.69 Å². The summed E-state index contributed by atoms with van der Waals surface area (Å²) in [7, 11) is 0. The minimum atomic E-state index is 0.279. The Labute approximate surface area is 109 Å². The summed E-state index contributed by atoms with van der Waals surface area (Å²) >= 11 is 0. The molecule has 1 saturated carbocycles. The third-order valence-corrected chi connectivity index (χ3v) is 3.90.